The summed E-state index contributed by atoms with van der Waals surface area (Å²) in [6, 6.07) is 14.8. The average Bonchev–Trinajstić information content (AvgIpc) is 2.71. The molecule has 152 valence electrons. The lowest BCUT2D eigenvalue weighted by Crippen LogP contribution is -2.21. The van der Waals surface area contributed by atoms with Gasteiger partial charge in [-0.05, 0) is 29.8 Å². The van der Waals surface area contributed by atoms with Gasteiger partial charge in [-0.25, -0.2) is 23.1 Å². The summed E-state index contributed by atoms with van der Waals surface area (Å²) < 4.78 is 35.9. The van der Waals surface area contributed by atoms with Crippen LogP contribution in [0, 0.1) is 0 Å². The van der Waals surface area contributed by atoms with Crippen LogP contribution >= 0.6 is 0 Å². The van der Waals surface area contributed by atoms with E-state index in [9.17, 15) is 8.42 Å². The van der Waals surface area contributed by atoms with E-state index in [0.717, 1.165) is 23.1 Å². The van der Waals surface area contributed by atoms with Crippen molar-refractivity contribution in [2.24, 2.45) is 0 Å². The molecule has 2 aromatic carbocycles. The Hall–Kier alpha value is -3.17. The molecule has 0 amide bonds. The lowest BCUT2D eigenvalue weighted by Gasteiger charge is -2.13. The Morgan fingerprint density at radius 2 is 1.79 bits per heavy atom. The fourth-order valence-electron chi connectivity index (χ4n) is 2.78. The van der Waals surface area contributed by atoms with Crippen LogP contribution in [-0.4, -0.2) is 38.9 Å². The van der Waals surface area contributed by atoms with E-state index in [0.29, 0.717) is 23.0 Å². The van der Waals surface area contributed by atoms with Crippen LogP contribution in [0.1, 0.15) is 5.56 Å². The maximum atomic E-state index is 11.3. The number of nitrogens with one attached hydrogen (secondary N) is 2. The minimum Gasteiger partial charge on any atom is -0.493 e. The lowest BCUT2D eigenvalue weighted by molar-refractivity contribution is 0.356. The van der Waals surface area contributed by atoms with Gasteiger partial charge in [-0.1, -0.05) is 18.2 Å². The van der Waals surface area contributed by atoms with Gasteiger partial charge in [0.25, 0.3) is 0 Å². The third-order valence-electron chi connectivity index (χ3n) is 4.08. The monoisotopic (exact) mass is 414 g/mol. The summed E-state index contributed by atoms with van der Waals surface area (Å²) in [7, 11) is -0.0912. The Kier molecular flexibility index (Phi) is 6.30. The molecule has 1 aromatic heterocycles. The van der Waals surface area contributed by atoms with Crippen LogP contribution in [0.2, 0.25) is 0 Å². The molecular weight excluding hydrogens is 392 g/mol. The number of ether oxygens (including phenoxy) is 2. The van der Waals surface area contributed by atoms with Crippen LogP contribution < -0.4 is 19.5 Å². The van der Waals surface area contributed by atoms with E-state index >= 15 is 0 Å². The molecule has 0 saturated carbocycles. The van der Waals surface area contributed by atoms with Gasteiger partial charge in [0, 0.05) is 23.9 Å². The predicted molar refractivity (Wildman–Crippen MR) is 112 cm³/mol. The molecule has 0 saturated heterocycles. The molecule has 0 fully saturated rings. The molecule has 3 rings (SSSR count). The van der Waals surface area contributed by atoms with Gasteiger partial charge in [0.1, 0.15) is 12.1 Å². The van der Waals surface area contributed by atoms with Crippen LogP contribution in [0.25, 0.3) is 11.3 Å². The predicted octanol–water partition coefficient (Wildman–Crippen LogP) is 2.95. The third kappa shape index (κ3) is 5.43. The van der Waals surface area contributed by atoms with Crippen molar-refractivity contribution >= 4 is 21.5 Å². The van der Waals surface area contributed by atoms with Crippen molar-refractivity contribution in [2.45, 2.75) is 6.54 Å². The van der Waals surface area contributed by atoms with E-state index in [1.54, 1.807) is 20.3 Å². The Morgan fingerprint density at radius 3 is 2.52 bits per heavy atom. The van der Waals surface area contributed by atoms with Crippen LogP contribution in [-0.2, 0) is 16.6 Å². The molecule has 0 atom stereocenters. The van der Waals surface area contributed by atoms with Crippen molar-refractivity contribution in [3.8, 4) is 22.8 Å². The smallest absolute Gasteiger partial charge is 0.209 e. The number of rotatable bonds is 8. The molecule has 0 aliphatic carbocycles. The number of aromatic nitrogens is 2. The maximum Gasteiger partial charge on any atom is 0.209 e. The second-order valence-corrected chi connectivity index (χ2v) is 8.08. The van der Waals surface area contributed by atoms with Crippen molar-refractivity contribution in [2.75, 3.05) is 25.8 Å². The van der Waals surface area contributed by atoms with Gasteiger partial charge < -0.3 is 14.8 Å². The SMILES string of the molecule is COc1cccc(-c2cc(Nc3cccc(CNS(C)(=O)=O)c3)ncn2)c1OC. The highest BCUT2D eigenvalue weighted by molar-refractivity contribution is 7.88. The summed E-state index contributed by atoms with van der Waals surface area (Å²) in [4.78, 5) is 8.61. The van der Waals surface area contributed by atoms with Gasteiger partial charge in [0.2, 0.25) is 10.0 Å². The van der Waals surface area contributed by atoms with Crippen molar-refractivity contribution in [1.82, 2.24) is 14.7 Å². The maximum absolute atomic E-state index is 11.3. The number of sulfonamides is 1. The summed E-state index contributed by atoms with van der Waals surface area (Å²) in [6.45, 7) is 0.213. The molecule has 3 aromatic rings. The number of para-hydroxylation sites is 1. The molecule has 0 radical (unpaired) electrons. The molecule has 9 heteroatoms. The summed E-state index contributed by atoms with van der Waals surface area (Å²) in [5.74, 6) is 1.80. The Labute approximate surface area is 170 Å². The van der Waals surface area contributed by atoms with E-state index in [4.69, 9.17) is 9.47 Å². The normalized spacial score (nSPS) is 11.1. The number of hydrogen-bond acceptors (Lipinski definition) is 7. The zero-order valence-corrected chi connectivity index (χ0v) is 17.2. The van der Waals surface area contributed by atoms with E-state index in [1.807, 2.05) is 42.5 Å². The zero-order chi connectivity index (χ0) is 20.9. The molecular formula is C20H22N4O4S. The van der Waals surface area contributed by atoms with E-state index in [2.05, 4.69) is 20.0 Å². The fraction of sp³-hybridized carbons (Fsp3) is 0.200. The summed E-state index contributed by atoms with van der Waals surface area (Å²) in [6.07, 6.45) is 2.59. The highest BCUT2D eigenvalue weighted by atomic mass is 32.2. The largest absolute Gasteiger partial charge is 0.493 e. The van der Waals surface area contributed by atoms with E-state index < -0.39 is 10.0 Å². The van der Waals surface area contributed by atoms with Crippen molar-refractivity contribution < 1.29 is 17.9 Å². The minimum atomic E-state index is -3.26. The molecule has 0 unspecified atom stereocenters. The first-order chi connectivity index (χ1) is 13.9. The van der Waals surface area contributed by atoms with Gasteiger partial charge in [0.05, 0.1) is 26.2 Å². The first kappa shape index (κ1) is 20.6. The molecule has 1 heterocycles. The molecule has 0 aliphatic heterocycles. The first-order valence-electron chi connectivity index (χ1n) is 8.73. The number of anilines is 2. The zero-order valence-electron chi connectivity index (χ0n) is 16.3. The minimum absolute atomic E-state index is 0.213. The Bertz CT molecular complexity index is 1100. The van der Waals surface area contributed by atoms with Crippen LogP contribution in [0.3, 0.4) is 0 Å². The van der Waals surface area contributed by atoms with Crippen LogP contribution in [0.15, 0.2) is 54.9 Å². The quantitative estimate of drug-likeness (QED) is 0.584. The van der Waals surface area contributed by atoms with Crippen molar-refractivity contribution in [3.05, 3.63) is 60.4 Å². The Morgan fingerprint density at radius 1 is 1.00 bits per heavy atom. The van der Waals surface area contributed by atoms with Gasteiger partial charge in [0.15, 0.2) is 11.5 Å². The Balaban J connectivity index is 1.85. The summed E-state index contributed by atoms with van der Waals surface area (Å²) >= 11 is 0. The second kappa shape index (κ2) is 8.89. The van der Waals surface area contributed by atoms with Crippen molar-refractivity contribution in [3.63, 3.8) is 0 Å². The molecule has 0 spiro atoms. The summed E-state index contributed by atoms with van der Waals surface area (Å²) in [5.41, 5.74) is 3.06. The molecule has 0 aliphatic rings. The fourth-order valence-corrected chi connectivity index (χ4v) is 3.21. The van der Waals surface area contributed by atoms with Crippen molar-refractivity contribution in [1.29, 1.82) is 0 Å². The van der Waals surface area contributed by atoms with Crippen LogP contribution in [0.4, 0.5) is 11.5 Å². The second-order valence-electron chi connectivity index (χ2n) is 6.25. The molecule has 29 heavy (non-hydrogen) atoms. The van der Waals surface area contributed by atoms with Crippen LogP contribution in [0.5, 0.6) is 11.5 Å². The number of hydrogen-bond donors (Lipinski definition) is 2. The van der Waals surface area contributed by atoms with Gasteiger partial charge in [-0.15, -0.1) is 0 Å². The number of methoxy groups -OCH3 is 2. The van der Waals surface area contributed by atoms with Gasteiger partial charge in [-0.2, -0.15) is 0 Å². The number of benzene rings is 2. The average molecular weight is 414 g/mol. The van der Waals surface area contributed by atoms with E-state index in [-0.39, 0.29) is 6.54 Å². The number of nitrogens with zero attached hydrogens (tertiary/aromatic N) is 2. The van der Waals surface area contributed by atoms with E-state index in [1.165, 1.54) is 6.33 Å². The summed E-state index contributed by atoms with van der Waals surface area (Å²) in [5, 5.41) is 3.22. The molecule has 2 N–H and O–H groups in total. The third-order valence-corrected chi connectivity index (χ3v) is 4.75. The van der Waals surface area contributed by atoms with Gasteiger partial charge >= 0.3 is 0 Å². The topological polar surface area (TPSA) is 102 Å². The molecule has 8 nitrogen and oxygen atoms in total. The van der Waals surface area contributed by atoms with Gasteiger partial charge in [-0.3, -0.25) is 0 Å². The molecule has 0 bridgehead atoms. The highest BCUT2D eigenvalue weighted by Crippen LogP contribution is 2.37. The standard InChI is InChI=1S/C20H22N4O4S/c1-27-18-9-5-8-16(20(18)28-2)17-11-19(22-13-21-17)24-15-7-4-6-14(10-15)12-23-29(3,25)26/h4-11,13,23H,12H2,1-3H3,(H,21,22,24). The lowest BCUT2D eigenvalue weighted by atomic mass is 10.1. The first-order valence-corrected chi connectivity index (χ1v) is 10.6. The highest BCUT2D eigenvalue weighted by Gasteiger charge is 2.13.